The standard InChI is InChI=1S/C20H22N2O/c1-3-5-15-6-4-7-17(12-15)20(23)21-19-9-8-16-10-11-22(2)14-18(16)13-19/h3-9,12-13H,10-11,14H2,1-2H3,(H,21,23). The van der Waals surface area contributed by atoms with E-state index >= 15 is 0 Å². The van der Waals surface area contributed by atoms with Gasteiger partial charge in [0.25, 0.3) is 5.91 Å². The molecule has 3 heteroatoms. The topological polar surface area (TPSA) is 32.3 Å². The highest BCUT2D eigenvalue weighted by molar-refractivity contribution is 6.04. The summed E-state index contributed by atoms with van der Waals surface area (Å²) in [5.41, 5.74) is 5.26. The highest BCUT2D eigenvalue weighted by Crippen LogP contribution is 2.22. The van der Waals surface area contributed by atoms with Crippen molar-refractivity contribution < 1.29 is 4.79 Å². The number of fused-ring (bicyclic) bond motifs is 1. The molecular weight excluding hydrogens is 284 g/mol. The third-order valence-electron chi connectivity index (χ3n) is 4.18. The maximum atomic E-state index is 12.5. The molecule has 0 unspecified atom stereocenters. The molecule has 0 radical (unpaired) electrons. The Balaban J connectivity index is 1.78. The van der Waals surface area contributed by atoms with Crippen LogP contribution < -0.4 is 5.32 Å². The van der Waals surface area contributed by atoms with Crippen molar-refractivity contribution in [1.82, 2.24) is 4.90 Å². The number of hydrogen-bond donors (Lipinski definition) is 1. The van der Waals surface area contributed by atoms with E-state index < -0.39 is 0 Å². The zero-order valence-electron chi connectivity index (χ0n) is 13.7. The second-order valence-corrected chi connectivity index (χ2v) is 6.05. The summed E-state index contributed by atoms with van der Waals surface area (Å²) in [6, 6.07) is 13.9. The van der Waals surface area contributed by atoms with Crippen molar-refractivity contribution >= 4 is 17.7 Å². The quantitative estimate of drug-likeness (QED) is 0.931. The summed E-state index contributed by atoms with van der Waals surface area (Å²) in [5.74, 6) is -0.0690. The van der Waals surface area contributed by atoms with Gasteiger partial charge in [-0.15, -0.1) is 0 Å². The van der Waals surface area contributed by atoms with Gasteiger partial charge < -0.3 is 10.2 Å². The highest BCUT2D eigenvalue weighted by Gasteiger charge is 2.14. The predicted octanol–water partition coefficient (Wildman–Crippen LogP) is 3.96. The number of amides is 1. The lowest BCUT2D eigenvalue weighted by Gasteiger charge is -2.25. The van der Waals surface area contributed by atoms with Crippen molar-refractivity contribution in [2.45, 2.75) is 19.9 Å². The van der Waals surface area contributed by atoms with Crippen LogP contribution in [0.3, 0.4) is 0 Å². The molecular formula is C20H22N2O. The summed E-state index contributed by atoms with van der Waals surface area (Å²) in [6.07, 6.45) is 5.04. The molecule has 2 aromatic carbocycles. The minimum absolute atomic E-state index is 0.0690. The lowest BCUT2D eigenvalue weighted by Crippen LogP contribution is -2.26. The Kier molecular flexibility index (Phi) is 4.58. The third kappa shape index (κ3) is 3.69. The first-order valence-corrected chi connectivity index (χ1v) is 8.00. The van der Waals surface area contributed by atoms with Crippen molar-refractivity contribution in [3.05, 3.63) is 70.8 Å². The number of allylic oxidation sites excluding steroid dienone is 1. The van der Waals surface area contributed by atoms with Crippen LogP contribution in [-0.4, -0.2) is 24.4 Å². The number of anilines is 1. The number of benzene rings is 2. The second-order valence-electron chi connectivity index (χ2n) is 6.05. The van der Waals surface area contributed by atoms with E-state index in [1.165, 1.54) is 11.1 Å². The number of hydrogen-bond acceptors (Lipinski definition) is 2. The normalized spacial score (nSPS) is 14.7. The van der Waals surface area contributed by atoms with Crippen LogP contribution in [-0.2, 0) is 13.0 Å². The van der Waals surface area contributed by atoms with Crippen LogP contribution in [0.2, 0.25) is 0 Å². The number of nitrogens with one attached hydrogen (secondary N) is 1. The molecule has 0 spiro atoms. The van der Waals surface area contributed by atoms with Gasteiger partial charge in [-0.25, -0.2) is 0 Å². The Bertz CT molecular complexity index is 749. The number of likely N-dealkylation sites (N-methyl/N-ethyl adjacent to an activating group) is 1. The van der Waals surface area contributed by atoms with Gasteiger partial charge in [0.2, 0.25) is 0 Å². The SMILES string of the molecule is CC=Cc1cccc(C(=O)Nc2ccc3c(c2)CN(C)CC3)c1. The maximum absolute atomic E-state index is 12.5. The summed E-state index contributed by atoms with van der Waals surface area (Å²) in [7, 11) is 2.13. The number of nitrogens with zero attached hydrogens (tertiary/aromatic N) is 1. The van der Waals surface area contributed by atoms with Crippen molar-refractivity contribution in [1.29, 1.82) is 0 Å². The van der Waals surface area contributed by atoms with Gasteiger partial charge >= 0.3 is 0 Å². The fourth-order valence-corrected chi connectivity index (χ4v) is 2.96. The van der Waals surface area contributed by atoms with Gasteiger partial charge in [-0.1, -0.05) is 30.4 Å². The molecule has 1 amide bonds. The van der Waals surface area contributed by atoms with Crippen LogP contribution in [0.5, 0.6) is 0 Å². The molecule has 3 nitrogen and oxygen atoms in total. The largest absolute Gasteiger partial charge is 0.322 e. The molecule has 0 aromatic heterocycles. The van der Waals surface area contributed by atoms with E-state index in [1.807, 2.05) is 49.4 Å². The van der Waals surface area contributed by atoms with E-state index in [9.17, 15) is 4.79 Å². The van der Waals surface area contributed by atoms with Crippen molar-refractivity contribution in [3.8, 4) is 0 Å². The van der Waals surface area contributed by atoms with E-state index in [0.717, 1.165) is 30.8 Å². The first-order chi connectivity index (χ1) is 11.2. The molecule has 0 saturated carbocycles. The molecule has 0 atom stereocenters. The first-order valence-electron chi connectivity index (χ1n) is 8.00. The molecule has 1 heterocycles. The molecule has 118 valence electrons. The molecule has 2 aromatic rings. The predicted molar refractivity (Wildman–Crippen MR) is 95.6 cm³/mol. The fraction of sp³-hybridized carbons (Fsp3) is 0.250. The monoisotopic (exact) mass is 306 g/mol. The first kappa shape index (κ1) is 15.5. The lowest BCUT2D eigenvalue weighted by atomic mass is 9.99. The fourth-order valence-electron chi connectivity index (χ4n) is 2.96. The average molecular weight is 306 g/mol. The average Bonchev–Trinajstić information content (AvgIpc) is 2.55. The Hall–Kier alpha value is -2.39. The van der Waals surface area contributed by atoms with Gasteiger partial charge in [-0.05, 0) is 61.3 Å². The van der Waals surface area contributed by atoms with Crippen LogP contribution in [0.25, 0.3) is 6.08 Å². The zero-order chi connectivity index (χ0) is 16.2. The Morgan fingerprint density at radius 1 is 1.17 bits per heavy atom. The summed E-state index contributed by atoms with van der Waals surface area (Å²) >= 11 is 0. The molecule has 1 aliphatic rings. The maximum Gasteiger partial charge on any atom is 0.255 e. The van der Waals surface area contributed by atoms with Gasteiger partial charge in [-0.2, -0.15) is 0 Å². The Morgan fingerprint density at radius 3 is 2.87 bits per heavy atom. The minimum atomic E-state index is -0.0690. The van der Waals surface area contributed by atoms with Gasteiger partial charge in [0.05, 0.1) is 0 Å². The summed E-state index contributed by atoms with van der Waals surface area (Å²) < 4.78 is 0. The van der Waals surface area contributed by atoms with Crippen molar-refractivity contribution in [2.75, 3.05) is 18.9 Å². The van der Waals surface area contributed by atoms with E-state index in [2.05, 4.69) is 29.4 Å². The summed E-state index contributed by atoms with van der Waals surface area (Å²) in [6.45, 7) is 4.00. The van der Waals surface area contributed by atoms with Crippen LogP contribution in [0.1, 0.15) is 34.0 Å². The Morgan fingerprint density at radius 2 is 2.04 bits per heavy atom. The van der Waals surface area contributed by atoms with Crippen molar-refractivity contribution in [2.24, 2.45) is 0 Å². The molecule has 3 rings (SSSR count). The number of carbonyl (C=O) groups is 1. The smallest absolute Gasteiger partial charge is 0.255 e. The molecule has 1 aliphatic heterocycles. The minimum Gasteiger partial charge on any atom is -0.322 e. The second kappa shape index (κ2) is 6.80. The van der Waals surface area contributed by atoms with Gasteiger partial charge in [0.1, 0.15) is 0 Å². The Labute approximate surface area is 137 Å². The molecule has 0 aliphatic carbocycles. The van der Waals surface area contributed by atoms with Gasteiger partial charge in [0, 0.05) is 24.3 Å². The van der Waals surface area contributed by atoms with Crippen LogP contribution in [0.4, 0.5) is 5.69 Å². The highest BCUT2D eigenvalue weighted by atomic mass is 16.1. The molecule has 0 fully saturated rings. The molecule has 1 N–H and O–H groups in total. The number of rotatable bonds is 3. The van der Waals surface area contributed by atoms with Crippen LogP contribution >= 0.6 is 0 Å². The van der Waals surface area contributed by atoms with E-state index in [4.69, 9.17) is 0 Å². The van der Waals surface area contributed by atoms with Crippen LogP contribution in [0.15, 0.2) is 48.5 Å². The van der Waals surface area contributed by atoms with E-state index in [-0.39, 0.29) is 5.91 Å². The summed E-state index contributed by atoms with van der Waals surface area (Å²) in [4.78, 5) is 14.8. The third-order valence-corrected chi connectivity index (χ3v) is 4.18. The number of carbonyl (C=O) groups excluding carboxylic acids is 1. The van der Waals surface area contributed by atoms with E-state index in [1.54, 1.807) is 0 Å². The summed E-state index contributed by atoms with van der Waals surface area (Å²) in [5, 5.41) is 3.01. The molecule has 0 saturated heterocycles. The molecule has 23 heavy (non-hydrogen) atoms. The van der Waals surface area contributed by atoms with Gasteiger partial charge in [0.15, 0.2) is 0 Å². The van der Waals surface area contributed by atoms with E-state index in [0.29, 0.717) is 5.56 Å². The lowest BCUT2D eigenvalue weighted by molar-refractivity contribution is 0.102. The zero-order valence-corrected chi connectivity index (χ0v) is 13.7. The van der Waals surface area contributed by atoms with Crippen molar-refractivity contribution in [3.63, 3.8) is 0 Å². The van der Waals surface area contributed by atoms with Gasteiger partial charge in [-0.3, -0.25) is 4.79 Å². The van der Waals surface area contributed by atoms with Crippen LogP contribution in [0, 0.1) is 0 Å². The molecule has 0 bridgehead atoms.